The number of nitrogens with one attached hydrogen (secondary N) is 1. The lowest BCUT2D eigenvalue weighted by Gasteiger charge is -2.33. The number of nitrogens with zero attached hydrogens (tertiary/aromatic N) is 4. The highest BCUT2D eigenvalue weighted by Gasteiger charge is 2.17. The Morgan fingerprint density at radius 1 is 1.24 bits per heavy atom. The molecular formula is C12H19N5O3S. The molecule has 0 unspecified atom stereocenters. The molecule has 116 valence electrons. The Hall–Kier alpha value is -1.87. The van der Waals surface area contributed by atoms with E-state index in [-0.39, 0.29) is 0 Å². The zero-order valence-corrected chi connectivity index (χ0v) is 12.9. The van der Waals surface area contributed by atoms with Crippen LogP contribution in [0.5, 0.6) is 0 Å². The number of amides is 1. The smallest absolute Gasteiger partial charge is 0.301 e. The minimum absolute atomic E-state index is 0.416. The van der Waals surface area contributed by atoms with Crippen molar-refractivity contribution in [1.82, 2.24) is 14.2 Å². The maximum Gasteiger partial charge on any atom is 0.301 e. The van der Waals surface area contributed by atoms with Gasteiger partial charge in [0.15, 0.2) is 0 Å². The van der Waals surface area contributed by atoms with Gasteiger partial charge in [-0.3, -0.25) is 9.52 Å². The van der Waals surface area contributed by atoms with Gasteiger partial charge in [-0.25, -0.2) is 4.98 Å². The molecule has 2 heterocycles. The van der Waals surface area contributed by atoms with Crippen molar-refractivity contribution in [2.75, 3.05) is 49.9 Å². The second-order valence-corrected chi connectivity index (χ2v) is 6.81. The van der Waals surface area contributed by atoms with E-state index < -0.39 is 10.2 Å². The Balaban J connectivity index is 2.01. The van der Waals surface area contributed by atoms with Crippen molar-refractivity contribution in [3.63, 3.8) is 0 Å². The summed E-state index contributed by atoms with van der Waals surface area (Å²) < 4.78 is 26.9. The molecule has 1 aromatic heterocycles. The van der Waals surface area contributed by atoms with E-state index in [1.807, 2.05) is 0 Å². The summed E-state index contributed by atoms with van der Waals surface area (Å²) in [7, 11) is -0.605. The van der Waals surface area contributed by atoms with Gasteiger partial charge in [-0.05, 0) is 12.1 Å². The Labute approximate surface area is 124 Å². The largest absolute Gasteiger partial charge is 0.353 e. The molecule has 1 amide bonds. The zero-order valence-electron chi connectivity index (χ0n) is 12.1. The molecule has 0 atom stereocenters. The highest BCUT2D eigenvalue weighted by atomic mass is 32.2. The van der Waals surface area contributed by atoms with Gasteiger partial charge in [0.1, 0.15) is 5.82 Å². The van der Waals surface area contributed by atoms with Crippen molar-refractivity contribution in [2.24, 2.45) is 0 Å². The van der Waals surface area contributed by atoms with E-state index in [0.29, 0.717) is 31.9 Å². The topological polar surface area (TPSA) is 85.9 Å². The van der Waals surface area contributed by atoms with Crippen LogP contribution in [0.3, 0.4) is 0 Å². The number of hydrogen-bond acceptors (Lipinski definition) is 5. The molecule has 2 rings (SSSR count). The minimum Gasteiger partial charge on any atom is -0.353 e. The summed E-state index contributed by atoms with van der Waals surface area (Å²) in [6, 6.07) is 3.44. The van der Waals surface area contributed by atoms with Gasteiger partial charge in [0.05, 0.1) is 11.9 Å². The molecule has 8 nitrogen and oxygen atoms in total. The number of carbonyl (C=O) groups excluding carboxylic acids is 1. The normalized spacial score (nSPS) is 16.1. The molecule has 0 aromatic carbocycles. The zero-order chi connectivity index (χ0) is 15.5. The van der Waals surface area contributed by atoms with Gasteiger partial charge in [0.2, 0.25) is 6.41 Å². The number of pyridine rings is 1. The molecule has 0 radical (unpaired) electrons. The number of hydrogen-bond donors (Lipinski definition) is 1. The number of carbonyl (C=O) groups is 1. The van der Waals surface area contributed by atoms with Crippen molar-refractivity contribution >= 4 is 28.1 Å². The average Bonchev–Trinajstić information content (AvgIpc) is 2.48. The summed E-state index contributed by atoms with van der Waals surface area (Å²) in [4.78, 5) is 18.7. The van der Waals surface area contributed by atoms with Crippen LogP contribution in [0.4, 0.5) is 11.5 Å². The van der Waals surface area contributed by atoms with Gasteiger partial charge in [0, 0.05) is 40.3 Å². The van der Waals surface area contributed by atoms with Gasteiger partial charge in [-0.1, -0.05) is 0 Å². The van der Waals surface area contributed by atoms with E-state index in [1.165, 1.54) is 20.3 Å². The first-order valence-corrected chi connectivity index (χ1v) is 7.97. The fourth-order valence-corrected chi connectivity index (χ4v) is 2.53. The Kier molecular flexibility index (Phi) is 4.63. The summed E-state index contributed by atoms with van der Waals surface area (Å²) in [5.41, 5.74) is 0.416. The summed E-state index contributed by atoms with van der Waals surface area (Å²) >= 11 is 0. The number of piperazine rings is 1. The number of anilines is 2. The number of rotatable bonds is 5. The van der Waals surface area contributed by atoms with Crippen LogP contribution >= 0.6 is 0 Å². The fourth-order valence-electron chi connectivity index (χ4n) is 1.93. The van der Waals surface area contributed by atoms with E-state index in [4.69, 9.17) is 0 Å². The summed E-state index contributed by atoms with van der Waals surface area (Å²) in [6.07, 6.45) is 2.34. The molecule has 1 N–H and O–H groups in total. The predicted molar refractivity (Wildman–Crippen MR) is 80.3 cm³/mol. The van der Waals surface area contributed by atoms with E-state index in [2.05, 4.69) is 14.6 Å². The maximum absolute atomic E-state index is 11.7. The minimum atomic E-state index is -3.52. The van der Waals surface area contributed by atoms with E-state index >= 15 is 0 Å². The van der Waals surface area contributed by atoms with Gasteiger partial charge < -0.3 is 9.80 Å². The van der Waals surface area contributed by atoms with Crippen molar-refractivity contribution in [3.8, 4) is 0 Å². The lowest BCUT2D eigenvalue weighted by molar-refractivity contribution is -0.118. The molecule has 1 saturated heterocycles. The maximum atomic E-state index is 11.7. The molecule has 1 aliphatic rings. The molecule has 1 fully saturated rings. The van der Waals surface area contributed by atoms with Crippen molar-refractivity contribution in [2.45, 2.75) is 0 Å². The first-order chi connectivity index (χ1) is 9.92. The third-order valence-electron chi connectivity index (χ3n) is 3.26. The Bertz CT molecular complexity index is 579. The standard InChI is InChI=1S/C12H19N5O3S/c1-15(2)21(19,20)14-11-3-4-12(13-9-11)17-7-5-16(10-18)6-8-17/h3-4,9-10,14H,5-8H2,1-2H3. The van der Waals surface area contributed by atoms with Crippen LogP contribution in [0, 0.1) is 0 Å². The van der Waals surface area contributed by atoms with Crippen LogP contribution in [-0.2, 0) is 15.0 Å². The molecule has 9 heteroatoms. The highest BCUT2D eigenvalue weighted by Crippen LogP contribution is 2.16. The van der Waals surface area contributed by atoms with Crippen LogP contribution in [0.2, 0.25) is 0 Å². The van der Waals surface area contributed by atoms with Gasteiger partial charge >= 0.3 is 10.2 Å². The summed E-state index contributed by atoms with van der Waals surface area (Å²) in [6.45, 7) is 2.77. The second kappa shape index (κ2) is 6.27. The van der Waals surface area contributed by atoms with Crippen molar-refractivity contribution in [1.29, 1.82) is 0 Å². The van der Waals surface area contributed by atoms with Gasteiger partial charge in [-0.15, -0.1) is 0 Å². The highest BCUT2D eigenvalue weighted by molar-refractivity contribution is 7.90. The molecule has 0 aliphatic carbocycles. The fraction of sp³-hybridized carbons (Fsp3) is 0.500. The van der Waals surface area contributed by atoms with Crippen LogP contribution in [0.15, 0.2) is 18.3 Å². The lowest BCUT2D eigenvalue weighted by Crippen LogP contribution is -2.46. The summed E-state index contributed by atoms with van der Waals surface area (Å²) in [5.74, 6) is 0.772. The van der Waals surface area contributed by atoms with Crippen molar-refractivity contribution < 1.29 is 13.2 Å². The monoisotopic (exact) mass is 313 g/mol. The average molecular weight is 313 g/mol. The third-order valence-corrected chi connectivity index (χ3v) is 4.72. The SMILES string of the molecule is CN(C)S(=O)(=O)Nc1ccc(N2CCN(C=O)CC2)nc1. The summed E-state index contributed by atoms with van der Waals surface area (Å²) in [5, 5.41) is 0. The van der Waals surface area contributed by atoms with Crippen LogP contribution in [0.1, 0.15) is 0 Å². The van der Waals surface area contributed by atoms with E-state index in [9.17, 15) is 13.2 Å². The Morgan fingerprint density at radius 3 is 2.38 bits per heavy atom. The molecule has 21 heavy (non-hydrogen) atoms. The molecule has 1 aliphatic heterocycles. The lowest BCUT2D eigenvalue weighted by atomic mass is 10.3. The predicted octanol–water partition coefficient (Wildman–Crippen LogP) is -0.422. The first-order valence-electron chi connectivity index (χ1n) is 6.53. The van der Waals surface area contributed by atoms with Gasteiger partial charge in [0.25, 0.3) is 0 Å². The number of aromatic nitrogens is 1. The van der Waals surface area contributed by atoms with Crippen LogP contribution < -0.4 is 9.62 Å². The van der Waals surface area contributed by atoms with E-state index in [0.717, 1.165) is 16.5 Å². The molecule has 1 aromatic rings. The molecule has 0 spiro atoms. The second-order valence-electron chi connectivity index (χ2n) is 4.92. The van der Waals surface area contributed by atoms with Crippen LogP contribution in [0.25, 0.3) is 0 Å². The molecule has 0 bridgehead atoms. The Morgan fingerprint density at radius 2 is 1.90 bits per heavy atom. The van der Waals surface area contributed by atoms with Crippen LogP contribution in [-0.4, -0.2) is 69.3 Å². The van der Waals surface area contributed by atoms with Crippen molar-refractivity contribution in [3.05, 3.63) is 18.3 Å². The quantitative estimate of drug-likeness (QED) is 0.746. The van der Waals surface area contributed by atoms with Gasteiger partial charge in [-0.2, -0.15) is 12.7 Å². The first kappa shape index (κ1) is 15.5. The van der Waals surface area contributed by atoms with E-state index in [1.54, 1.807) is 17.0 Å². The molecule has 0 saturated carbocycles. The third kappa shape index (κ3) is 3.82. The molecular weight excluding hydrogens is 294 g/mol.